The zero-order valence-corrected chi connectivity index (χ0v) is 22.5. The average molecular weight is 558 g/mol. The molecule has 0 bridgehead atoms. The fourth-order valence-corrected chi connectivity index (χ4v) is 5.91. The standard InChI is InChI=1S/C30H21Cl2N3O2S/c1-17-27(38-22-15-13-21(32)14-16-22)25(24-8-4-6-18-5-2-3-7-23(18)24)26(28(33)36-17)30-34-29(35-37-30)19-9-11-20(31)12-10-19/h2-16,25H,33H2,1H3. The van der Waals surface area contributed by atoms with Gasteiger partial charge in [0.25, 0.3) is 5.89 Å². The van der Waals surface area contributed by atoms with E-state index in [0.717, 1.165) is 31.7 Å². The van der Waals surface area contributed by atoms with Crippen LogP contribution in [0.3, 0.4) is 0 Å². The van der Waals surface area contributed by atoms with Crippen LogP contribution in [0.5, 0.6) is 0 Å². The Balaban J connectivity index is 1.52. The van der Waals surface area contributed by atoms with Gasteiger partial charge in [0.05, 0.1) is 11.5 Å². The van der Waals surface area contributed by atoms with Crippen molar-refractivity contribution in [3.8, 4) is 11.4 Å². The minimum atomic E-state index is -0.311. The lowest BCUT2D eigenvalue weighted by molar-refractivity contribution is 0.289. The van der Waals surface area contributed by atoms with Gasteiger partial charge in [0.15, 0.2) is 5.88 Å². The largest absolute Gasteiger partial charge is 0.445 e. The van der Waals surface area contributed by atoms with Gasteiger partial charge in [-0.05, 0) is 71.8 Å². The lowest BCUT2D eigenvalue weighted by Crippen LogP contribution is -2.19. The van der Waals surface area contributed by atoms with Gasteiger partial charge in [0.1, 0.15) is 5.76 Å². The van der Waals surface area contributed by atoms with E-state index in [2.05, 4.69) is 29.4 Å². The van der Waals surface area contributed by atoms with Crippen LogP contribution in [0.2, 0.25) is 10.0 Å². The molecule has 38 heavy (non-hydrogen) atoms. The lowest BCUT2D eigenvalue weighted by atomic mass is 9.85. The topological polar surface area (TPSA) is 74.2 Å². The van der Waals surface area contributed by atoms with Crippen LogP contribution >= 0.6 is 35.0 Å². The van der Waals surface area contributed by atoms with Crippen molar-refractivity contribution in [1.82, 2.24) is 10.1 Å². The predicted octanol–water partition coefficient (Wildman–Crippen LogP) is 8.66. The number of nitrogens with zero attached hydrogens (tertiary/aromatic N) is 2. The van der Waals surface area contributed by atoms with E-state index in [9.17, 15) is 0 Å². The van der Waals surface area contributed by atoms with E-state index < -0.39 is 0 Å². The molecule has 2 heterocycles. The van der Waals surface area contributed by atoms with E-state index in [-0.39, 0.29) is 11.8 Å². The van der Waals surface area contributed by atoms with Crippen molar-refractivity contribution in [2.75, 3.05) is 0 Å². The van der Waals surface area contributed by atoms with Gasteiger partial charge < -0.3 is 15.0 Å². The number of ether oxygens (including phenoxy) is 1. The number of thioether (sulfide) groups is 1. The third kappa shape index (κ3) is 4.67. The molecule has 8 heteroatoms. The SMILES string of the molecule is CC1=C(Sc2ccc(Cl)cc2)C(c2cccc3ccccc23)C(c2nc(-c3ccc(Cl)cc3)no2)=C(N)O1. The maximum atomic E-state index is 6.57. The first kappa shape index (κ1) is 24.6. The van der Waals surface area contributed by atoms with Gasteiger partial charge in [-0.15, -0.1) is 0 Å². The molecule has 6 rings (SSSR count). The van der Waals surface area contributed by atoms with E-state index >= 15 is 0 Å². The second-order valence-corrected chi connectivity index (χ2v) is 10.8. The van der Waals surface area contributed by atoms with Crippen LogP contribution in [0.4, 0.5) is 0 Å². The van der Waals surface area contributed by atoms with E-state index in [4.69, 9.17) is 43.2 Å². The summed E-state index contributed by atoms with van der Waals surface area (Å²) < 4.78 is 11.9. The highest BCUT2D eigenvalue weighted by Crippen LogP contribution is 2.51. The molecule has 4 aromatic carbocycles. The van der Waals surface area contributed by atoms with Gasteiger partial charge in [-0.25, -0.2) is 0 Å². The van der Waals surface area contributed by atoms with Crippen molar-refractivity contribution in [1.29, 1.82) is 0 Å². The molecule has 0 radical (unpaired) electrons. The summed E-state index contributed by atoms with van der Waals surface area (Å²) in [5, 5.41) is 7.77. The van der Waals surface area contributed by atoms with E-state index in [1.807, 2.05) is 61.5 Å². The first-order chi connectivity index (χ1) is 18.5. The van der Waals surface area contributed by atoms with Crippen molar-refractivity contribution in [2.24, 2.45) is 5.73 Å². The van der Waals surface area contributed by atoms with Crippen LogP contribution in [0.25, 0.3) is 27.7 Å². The fourth-order valence-electron chi connectivity index (χ4n) is 4.58. The summed E-state index contributed by atoms with van der Waals surface area (Å²) >= 11 is 13.8. The maximum Gasteiger partial charge on any atom is 0.260 e. The molecule has 1 aliphatic heterocycles. The number of aromatic nitrogens is 2. The summed E-state index contributed by atoms with van der Waals surface area (Å²) in [6.07, 6.45) is 0. The quantitative estimate of drug-likeness (QED) is 0.233. The predicted molar refractivity (Wildman–Crippen MR) is 154 cm³/mol. The van der Waals surface area contributed by atoms with Crippen LogP contribution in [0.15, 0.2) is 117 Å². The highest BCUT2D eigenvalue weighted by Gasteiger charge is 2.36. The monoisotopic (exact) mass is 557 g/mol. The van der Waals surface area contributed by atoms with Crippen molar-refractivity contribution < 1.29 is 9.26 Å². The Morgan fingerprint density at radius 3 is 2.29 bits per heavy atom. The number of allylic oxidation sites excluding steroid dienone is 3. The van der Waals surface area contributed by atoms with Gasteiger partial charge in [-0.3, -0.25) is 0 Å². The molecular formula is C30H21Cl2N3O2S. The van der Waals surface area contributed by atoms with Gasteiger partial charge in [-0.1, -0.05) is 82.6 Å². The summed E-state index contributed by atoms with van der Waals surface area (Å²) in [5.41, 5.74) is 9.03. The Labute approximate surface area is 233 Å². The number of halogens is 2. The molecule has 0 saturated carbocycles. The van der Waals surface area contributed by atoms with Crippen LogP contribution in [0.1, 0.15) is 24.3 Å². The van der Waals surface area contributed by atoms with Crippen LogP contribution in [-0.4, -0.2) is 10.1 Å². The molecule has 1 atom stereocenters. The van der Waals surface area contributed by atoms with E-state index in [0.29, 0.717) is 33.1 Å². The van der Waals surface area contributed by atoms with E-state index in [1.54, 1.807) is 23.9 Å². The van der Waals surface area contributed by atoms with Crippen LogP contribution in [0, 0.1) is 0 Å². The molecule has 1 aliphatic rings. The molecule has 5 aromatic rings. The molecule has 0 spiro atoms. The summed E-state index contributed by atoms with van der Waals surface area (Å²) in [4.78, 5) is 6.72. The third-order valence-corrected chi connectivity index (χ3v) is 8.12. The number of rotatable bonds is 5. The van der Waals surface area contributed by atoms with Crippen LogP contribution in [-0.2, 0) is 4.74 Å². The Bertz CT molecular complexity index is 1700. The highest BCUT2D eigenvalue weighted by atomic mass is 35.5. The highest BCUT2D eigenvalue weighted by molar-refractivity contribution is 8.03. The molecule has 188 valence electrons. The third-order valence-electron chi connectivity index (χ3n) is 6.36. The summed E-state index contributed by atoms with van der Waals surface area (Å²) in [5.74, 6) is 1.36. The number of benzene rings is 4. The lowest BCUT2D eigenvalue weighted by Gasteiger charge is -2.30. The normalized spacial score (nSPS) is 15.7. The number of fused-ring (bicyclic) bond motifs is 1. The molecule has 0 aliphatic carbocycles. The summed E-state index contributed by atoms with van der Waals surface area (Å²) in [6.45, 7) is 1.92. The Morgan fingerprint density at radius 2 is 1.53 bits per heavy atom. The first-order valence-corrected chi connectivity index (χ1v) is 13.4. The first-order valence-electron chi connectivity index (χ1n) is 11.9. The Kier molecular flexibility index (Phi) is 6.62. The molecule has 1 unspecified atom stereocenters. The maximum absolute atomic E-state index is 6.57. The zero-order valence-electron chi connectivity index (χ0n) is 20.2. The Hall–Kier alpha value is -3.71. The van der Waals surface area contributed by atoms with Crippen molar-refractivity contribution in [2.45, 2.75) is 17.7 Å². The fraction of sp³-hybridized carbons (Fsp3) is 0.0667. The number of hydrogen-bond acceptors (Lipinski definition) is 6. The molecule has 0 amide bonds. The van der Waals surface area contributed by atoms with Crippen molar-refractivity contribution in [3.63, 3.8) is 0 Å². The smallest absolute Gasteiger partial charge is 0.260 e. The average Bonchev–Trinajstić information content (AvgIpc) is 3.41. The minimum Gasteiger partial charge on any atom is -0.445 e. The minimum absolute atomic E-state index is 0.229. The second-order valence-electron chi connectivity index (χ2n) is 8.79. The van der Waals surface area contributed by atoms with E-state index in [1.165, 1.54) is 0 Å². The van der Waals surface area contributed by atoms with Gasteiger partial charge in [-0.2, -0.15) is 4.98 Å². The van der Waals surface area contributed by atoms with Gasteiger partial charge in [0, 0.05) is 25.4 Å². The van der Waals surface area contributed by atoms with Crippen molar-refractivity contribution >= 4 is 51.3 Å². The van der Waals surface area contributed by atoms with Crippen LogP contribution < -0.4 is 5.73 Å². The Morgan fingerprint density at radius 1 is 0.842 bits per heavy atom. The molecular weight excluding hydrogens is 537 g/mol. The summed E-state index contributed by atoms with van der Waals surface area (Å²) in [6, 6.07) is 29.5. The molecule has 0 fully saturated rings. The van der Waals surface area contributed by atoms with Gasteiger partial charge in [0.2, 0.25) is 5.82 Å². The molecule has 1 aromatic heterocycles. The second kappa shape index (κ2) is 10.2. The van der Waals surface area contributed by atoms with Crippen molar-refractivity contribution in [3.05, 3.63) is 129 Å². The number of nitrogens with two attached hydrogens (primary N) is 1. The zero-order chi connectivity index (χ0) is 26.2. The van der Waals surface area contributed by atoms with Gasteiger partial charge >= 0.3 is 0 Å². The summed E-state index contributed by atoms with van der Waals surface area (Å²) in [7, 11) is 0. The number of hydrogen-bond donors (Lipinski definition) is 1. The molecule has 0 saturated heterocycles. The molecule has 5 nitrogen and oxygen atoms in total. The molecule has 2 N–H and O–H groups in total.